The zero-order valence-electron chi connectivity index (χ0n) is 8.11. The van der Waals surface area contributed by atoms with Gasteiger partial charge < -0.3 is 4.57 Å². The van der Waals surface area contributed by atoms with E-state index in [9.17, 15) is 4.79 Å². The van der Waals surface area contributed by atoms with Crippen molar-refractivity contribution < 1.29 is 4.79 Å². The lowest BCUT2D eigenvalue weighted by molar-refractivity contribution is 0.0986. The van der Waals surface area contributed by atoms with Gasteiger partial charge in [0.05, 0.1) is 12.5 Å². The van der Waals surface area contributed by atoms with E-state index in [4.69, 9.17) is 0 Å². The molecule has 0 fully saturated rings. The summed E-state index contributed by atoms with van der Waals surface area (Å²) in [4.78, 5) is 16.9. The van der Waals surface area contributed by atoms with Crippen molar-refractivity contribution in [2.45, 2.75) is 6.42 Å². The zero-order valence-corrected chi connectivity index (χ0v) is 10.5. The van der Waals surface area contributed by atoms with E-state index in [1.807, 2.05) is 18.5 Å². The zero-order chi connectivity index (χ0) is 10.8. The Kier molecular flexibility index (Phi) is 3.02. The fourth-order valence-electron chi connectivity index (χ4n) is 1.31. The molecule has 0 unspecified atom stereocenters. The maximum absolute atomic E-state index is 11.9. The van der Waals surface area contributed by atoms with Crippen LogP contribution in [-0.4, -0.2) is 15.3 Å². The molecule has 2 heterocycles. The predicted molar refractivity (Wildman–Crippen MR) is 63.3 cm³/mol. The smallest absolute Gasteiger partial charge is 0.186 e. The largest absolute Gasteiger partial charge is 0.331 e. The van der Waals surface area contributed by atoms with Gasteiger partial charge in [0.2, 0.25) is 0 Å². The summed E-state index contributed by atoms with van der Waals surface area (Å²) in [6.07, 6.45) is 3.67. The number of nitrogens with zero attached hydrogens (tertiary/aromatic N) is 2. The third-order valence-corrected chi connectivity index (χ3v) is 4.04. The van der Waals surface area contributed by atoms with E-state index >= 15 is 0 Å². The third kappa shape index (κ3) is 2.18. The molecule has 3 nitrogen and oxygen atoms in total. The van der Waals surface area contributed by atoms with Gasteiger partial charge in [-0.05, 0) is 27.4 Å². The number of aromatic nitrogens is 2. The molecule has 2 aromatic heterocycles. The number of imidazole rings is 1. The Balaban J connectivity index is 2.18. The molecule has 0 atom stereocenters. The average Bonchev–Trinajstić information content (AvgIpc) is 2.76. The summed E-state index contributed by atoms with van der Waals surface area (Å²) in [5.41, 5.74) is 0.648. The number of carbonyl (C=O) groups is 1. The standard InChI is InChI=1S/C10H9BrN2OS/c1-13-6-12-5-8(13)9(14)4-10-7(11)2-3-15-10/h2-3,5-6H,4H2,1H3. The Morgan fingerprint density at radius 2 is 2.47 bits per heavy atom. The molecule has 0 aromatic carbocycles. The van der Waals surface area contributed by atoms with E-state index in [0.29, 0.717) is 12.1 Å². The first-order chi connectivity index (χ1) is 7.18. The minimum absolute atomic E-state index is 0.0955. The SMILES string of the molecule is Cn1cncc1C(=O)Cc1sccc1Br. The summed E-state index contributed by atoms with van der Waals surface area (Å²) in [5, 5.41) is 1.97. The molecule has 15 heavy (non-hydrogen) atoms. The Labute approximate surface area is 99.9 Å². The van der Waals surface area contributed by atoms with E-state index < -0.39 is 0 Å². The van der Waals surface area contributed by atoms with Gasteiger partial charge in [0, 0.05) is 22.8 Å². The van der Waals surface area contributed by atoms with Gasteiger partial charge in [-0.2, -0.15) is 0 Å². The number of thiophene rings is 1. The lowest BCUT2D eigenvalue weighted by Crippen LogP contribution is -2.07. The van der Waals surface area contributed by atoms with Crippen molar-refractivity contribution >= 4 is 33.0 Å². The number of aryl methyl sites for hydroxylation is 1. The van der Waals surface area contributed by atoms with Crippen molar-refractivity contribution in [1.82, 2.24) is 9.55 Å². The molecule has 0 aliphatic rings. The van der Waals surface area contributed by atoms with Crippen molar-refractivity contribution in [3.05, 3.63) is 39.0 Å². The number of ketones is 1. The highest BCUT2D eigenvalue weighted by Gasteiger charge is 2.13. The van der Waals surface area contributed by atoms with Gasteiger partial charge in [0.15, 0.2) is 5.78 Å². The van der Waals surface area contributed by atoms with E-state index in [2.05, 4.69) is 20.9 Å². The normalized spacial score (nSPS) is 10.5. The Morgan fingerprint density at radius 3 is 3.00 bits per heavy atom. The summed E-state index contributed by atoms with van der Waals surface area (Å²) < 4.78 is 2.74. The summed E-state index contributed by atoms with van der Waals surface area (Å²) in [6, 6.07) is 1.95. The summed E-state index contributed by atoms with van der Waals surface area (Å²) >= 11 is 5.00. The molecule has 0 spiro atoms. The average molecular weight is 285 g/mol. The highest BCUT2D eigenvalue weighted by atomic mass is 79.9. The molecule has 0 amide bonds. The summed E-state index contributed by atoms with van der Waals surface area (Å²) in [7, 11) is 1.82. The second kappa shape index (κ2) is 4.28. The maximum Gasteiger partial charge on any atom is 0.186 e. The molecular formula is C10H9BrN2OS. The summed E-state index contributed by atoms with van der Waals surface area (Å²) in [5.74, 6) is 0.0955. The Morgan fingerprint density at radius 1 is 1.67 bits per heavy atom. The highest BCUT2D eigenvalue weighted by molar-refractivity contribution is 9.10. The van der Waals surface area contributed by atoms with E-state index in [0.717, 1.165) is 9.35 Å². The first-order valence-electron chi connectivity index (χ1n) is 4.40. The molecule has 0 radical (unpaired) electrons. The van der Waals surface area contributed by atoms with E-state index in [1.165, 1.54) is 0 Å². The fourth-order valence-corrected chi connectivity index (χ4v) is 2.80. The second-order valence-corrected chi connectivity index (χ2v) is 5.04. The lowest BCUT2D eigenvalue weighted by Gasteiger charge is -2.00. The van der Waals surface area contributed by atoms with Crippen LogP contribution in [0.1, 0.15) is 15.4 Å². The number of Topliss-reactive ketones (excluding diaryl/α,β-unsaturated/α-hetero) is 1. The monoisotopic (exact) mass is 284 g/mol. The molecule has 0 aliphatic carbocycles. The Hall–Kier alpha value is -0.940. The van der Waals surface area contributed by atoms with Crippen molar-refractivity contribution in [2.24, 2.45) is 7.05 Å². The van der Waals surface area contributed by atoms with Crippen molar-refractivity contribution in [2.75, 3.05) is 0 Å². The van der Waals surface area contributed by atoms with Crippen LogP contribution in [0.15, 0.2) is 28.4 Å². The molecule has 2 aromatic rings. The van der Waals surface area contributed by atoms with Gasteiger partial charge in [-0.25, -0.2) is 4.98 Å². The van der Waals surface area contributed by atoms with Crippen molar-refractivity contribution in [3.63, 3.8) is 0 Å². The molecule has 78 valence electrons. The summed E-state index contributed by atoms with van der Waals surface area (Å²) in [6.45, 7) is 0. The van der Waals surface area contributed by atoms with Gasteiger partial charge >= 0.3 is 0 Å². The topological polar surface area (TPSA) is 34.9 Å². The van der Waals surface area contributed by atoms with Crippen LogP contribution in [-0.2, 0) is 13.5 Å². The van der Waals surface area contributed by atoms with Crippen LogP contribution < -0.4 is 0 Å². The number of hydrogen-bond donors (Lipinski definition) is 0. The number of halogens is 1. The maximum atomic E-state index is 11.9. The van der Waals surface area contributed by atoms with Crippen LogP contribution in [0.5, 0.6) is 0 Å². The molecule has 0 saturated carbocycles. The lowest BCUT2D eigenvalue weighted by atomic mass is 10.2. The molecule has 0 N–H and O–H groups in total. The highest BCUT2D eigenvalue weighted by Crippen LogP contribution is 2.24. The predicted octanol–water partition coefficient (Wildman–Crippen LogP) is 2.67. The second-order valence-electron chi connectivity index (χ2n) is 3.18. The van der Waals surface area contributed by atoms with E-state index in [-0.39, 0.29) is 5.78 Å². The third-order valence-electron chi connectivity index (χ3n) is 2.11. The van der Waals surface area contributed by atoms with Crippen LogP contribution in [0, 0.1) is 0 Å². The van der Waals surface area contributed by atoms with Crippen LogP contribution in [0.2, 0.25) is 0 Å². The van der Waals surface area contributed by atoms with Crippen LogP contribution in [0.4, 0.5) is 0 Å². The van der Waals surface area contributed by atoms with Crippen molar-refractivity contribution in [3.8, 4) is 0 Å². The van der Waals surface area contributed by atoms with Crippen LogP contribution >= 0.6 is 27.3 Å². The van der Waals surface area contributed by atoms with Gasteiger partial charge in [0.1, 0.15) is 5.69 Å². The van der Waals surface area contributed by atoms with Crippen LogP contribution in [0.25, 0.3) is 0 Å². The molecular weight excluding hydrogens is 276 g/mol. The molecule has 0 aliphatic heterocycles. The molecule has 2 rings (SSSR count). The minimum Gasteiger partial charge on any atom is -0.331 e. The first-order valence-corrected chi connectivity index (χ1v) is 6.07. The van der Waals surface area contributed by atoms with Gasteiger partial charge in [-0.1, -0.05) is 0 Å². The Bertz CT molecular complexity index is 489. The molecule has 0 saturated heterocycles. The molecule has 5 heteroatoms. The van der Waals surface area contributed by atoms with Crippen molar-refractivity contribution in [1.29, 1.82) is 0 Å². The van der Waals surface area contributed by atoms with Gasteiger partial charge in [0.25, 0.3) is 0 Å². The fraction of sp³-hybridized carbons (Fsp3) is 0.200. The van der Waals surface area contributed by atoms with Gasteiger partial charge in [-0.3, -0.25) is 4.79 Å². The molecule has 0 bridgehead atoms. The first kappa shape index (κ1) is 10.6. The van der Waals surface area contributed by atoms with Crippen LogP contribution in [0.3, 0.4) is 0 Å². The van der Waals surface area contributed by atoms with E-state index in [1.54, 1.807) is 28.4 Å². The minimum atomic E-state index is 0.0955. The number of hydrogen-bond acceptors (Lipinski definition) is 3. The quantitative estimate of drug-likeness (QED) is 0.813. The number of rotatable bonds is 3. The van der Waals surface area contributed by atoms with Gasteiger partial charge in [-0.15, -0.1) is 11.3 Å². The number of carbonyl (C=O) groups excluding carboxylic acids is 1.